The van der Waals surface area contributed by atoms with Crippen molar-refractivity contribution >= 4 is 29.2 Å². The second-order valence-corrected chi connectivity index (χ2v) is 11.5. The standard InChI is InChI=1S/C27H32N6O6/c1-25(2,3)38-23(35)30-18(22(34)32-27(15-28)10-11-27)12-20-31-21-17(8-7-9-19(21)37-20)16-13-29-33(14-16)24(36)39-26(4,5)6/h7-9,13-14,18H,10-12H2,1-6H3,(H,30,35)(H,32,34)/t18-/m0/s1. The van der Waals surface area contributed by atoms with Gasteiger partial charge in [-0.15, -0.1) is 0 Å². The van der Waals surface area contributed by atoms with Gasteiger partial charge in [0.15, 0.2) is 11.5 Å². The summed E-state index contributed by atoms with van der Waals surface area (Å²) in [5.41, 5.74) is -0.174. The van der Waals surface area contributed by atoms with Gasteiger partial charge in [-0.2, -0.15) is 15.0 Å². The van der Waals surface area contributed by atoms with Crippen molar-refractivity contribution < 1.29 is 28.3 Å². The number of carbonyl (C=O) groups is 3. The molecule has 0 radical (unpaired) electrons. The maximum Gasteiger partial charge on any atom is 0.435 e. The van der Waals surface area contributed by atoms with E-state index < -0.39 is 40.9 Å². The molecule has 0 unspecified atom stereocenters. The van der Waals surface area contributed by atoms with Gasteiger partial charge in [-0.25, -0.2) is 14.6 Å². The van der Waals surface area contributed by atoms with Gasteiger partial charge >= 0.3 is 12.2 Å². The van der Waals surface area contributed by atoms with Crippen LogP contribution in [0.3, 0.4) is 0 Å². The molecule has 12 nitrogen and oxygen atoms in total. The summed E-state index contributed by atoms with van der Waals surface area (Å²) in [6.45, 7) is 10.4. The van der Waals surface area contributed by atoms with Gasteiger partial charge in [0.2, 0.25) is 5.91 Å². The van der Waals surface area contributed by atoms with E-state index in [1.165, 1.54) is 12.4 Å². The van der Waals surface area contributed by atoms with Gasteiger partial charge in [-0.3, -0.25) is 4.79 Å². The summed E-state index contributed by atoms with van der Waals surface area (Å²) < 4.78 is 17.7. The molecule has 2 aromatic heterocycles. The number of oxazole rings is 1. The smallest absolute Gasteiger partial charge is 0.435 e. The molecule has 1 aromatic carbocycles. The molecule has 206 valence electrons. The lowest BCUT2D eigenvalue weighted by Gasteiger charge is -2.23. The summed E-state index contributed by atoms with van der Waals surface area (Å²) in [4.78, 5) is 42.6. The number of rotatable bonds is 6. The Hall–Kier alpha value is -4.40. The summed E-state index contributed by atoms with van der Waals surface area (Å²) in [6.07, 6.45) is 2.65. The molecule has 0 spiro atoms. The number of alkyl carbamates (subject to hydrolysis) is 1. The quantitative estimate of drug-likeness (QED) is 0.473. The normalized spacial score (nSPS) is 15.2. The lowest BCUT2D eigenvalue weighted by molar-refractivity contribution is -0.123. The molecule has 3 aromatic rings. The molecule has 1 aliphatic rings. The fraction of sp³-hybridized carbons (Fsp3) is 0.481. The van der Waals surface area contributed by atoms with Crippen molar-refractivity contribution in [2.45, 2.75) is 83.6 Å². The predicted octanol–water partition coefficient (Wildman–Crippen LogP) is 4.08. The summed E-state index contributed by atoms with van der Waals surface area (Å²) in [5.74, 6) is -0.351. The lowest BCUT2D eigenvalue weighted by Crippen LogP contribution is -2.52. The Kier molecular flexibility index (Phi) is 7.12. The molecule has 0 aliphatic heterocycles. The number of nitrogens with zero attached hydrogens (tertiary/aromatic N) is 4. The van der Waals surface area contributed by atoms with Crippen molar-refractivity contribution in [3.05, 3.63) is 36.5 Å². The topological polar surface area (TPSA) is 161 Å². The van der Waals surface area contributed by atoms with Crippen LogP contribution < -0.4 is 10.6 Å². The van der Waals surface area contributed by atoms with Gasteiger partial charge < -0.3 is 24.5 Å². The van der Waals surface area contributed by atoms with Crippen LogP contribution in [-0.2, 0) is 20.7 Å². The Bertz CT molecular complexity index is 1450. The first kappa shape index (κ1) is 27.6. The average molecular weight is 537 g/mol. The first-order chi connectivity index (χ1) is 18.2. The maximum atomic E-state index is 13.1. The minimum atomic E-state index is -1.10. The Morgan fingerprint density at radius 3 is 2.46 bits per heavy atom. The van der Waals surface area contributed by atoms with Gasteiger partial charge in [-0.05, 0) is 60.5 Å². The number of ether oxygens (including phenoxy) is 2. The lowest BCUT2D eigenvalue weighted by atomic mass is 10.1. The van der Waals surface area contributed by atoms with E-state index in [9.17, 15) is 19.6 Å². The minimum absolute atomic E-state index is 0.0854. The zero-order valence-corrected chi connectivity index (χ0v) is 22.8. The van der Waals surface area contributed by atoms with Crippen molar-refractivity contribution in [1.82, 2.24) is 25.4 Å². The number of amides is 2. The first-order valence-corrected chi connectivity index (χ1v) is 12.6. The van der Waals surface area contributed by atoms with Crippen LogP contribution in [0, 0.1) is 11.3 Å². The molecule has 0 saturated heterocycles. The van der Waals surface area contributed by atoms with Crippen molar-refractivity contribution in [1.29, 1.82) is 5.26 Å². The number of nitriles is 1. The van der Waals surface area contributed by atoms with E-state index in [1.807, 2.05) is 0 Å². The van der Waals surface area contributed by atoms with E-state index in [2.05, 4.69) is 26.8 Å². The van der Waals surface area contributed by atoms with Crippen LogP contribution in [0.25, 0.3) is 22.2 Å². The highest BCUT2D eigenvalue weighted by atomic mass is 16.6. The highest BCUT2D eigenvalue weighted by molar-refractivity contribution is 5.91. The van der Waals surface area contributed by atoms with Crippen LogP contribution in [-0.4, -0.2) is 55.6 Å². The number of hydrogen-bond donors (Lipinski definition) is 2. The Labute approximate surface area is 225 Å². The van der Waals surface area contributed by atoms with Crippen molar-refractivity contribution in [3.8, 4) is 17.2 Å². The monoisotopic (exact) mass is 536 g/mol. The Balaban J connectivity index is 1.59. The second-order valence-electron chi connectivity index (χ2n) is 11.5. The highest BCUT2D eigenvalue weighted by Gasteiger charge is 2.46. The predicted molar refractivity (Wildman–Crippen MR) is 139 cm³/mol. The summed E-state index contributed by atoms with van der Waals surface area (Å²) in [7, 11) is 0. The minimum Gasteiger partial charge on any atom is -0.444 e. The molecule has 1 fully saturated rings. The van der Waals surface area contributed by atoms with E-state index >= 15 is 0 Å². The van der Waals surface area contributed by atoms with Gasteiger partial charge in [0.05, 0.1) is 18.7 Å². The fourth-order valence-corrected chi connectivity index (χ4v) is 3.73. The highest BCUT2D eigenvalue weighted by Crippen LogP contribution is 2.34. The van der Waals surface area contributed by atoms with E-state index in [1.54, 1.807) is 59.7 Å². The molecule has 2 N–H and O–H groups in total. The van der Waals surface area contributed by atoms with E-state index in [-0.39, 0.29) is 12.3 Å². The van der Waals surface area contributed by atoms with E-state index in [0.29, 0.717) is 35.1 Å². The number of benzene rings is 1. The molecule has 4 rings (SSSR count). The summed E-state index contributed by atoms with van der Waals surface area (Å²) in [5, 5.41) is 18.8. The molecule has 2 heterocycles. The van der Waals surface area contributed by atoms with Crippen LogP contribution in [0.15, 0.2) is 35.0 Å². The number of aromatic nitrogens is 3. The van der Waals surface area contributed by atoms with Crippen molar-refractivity contribution in [2.24, 2.45) is 0 Å². The molecule has 12 heteroatoms. The Morgan fingerprint density at radius 2 is 1.85 bits per heavy atom. The molecule has 39 heavy (non-hydrogen) atoms. The molecule has 1 atom stereocenters. The van der Waals surface area contributed by atoms with Crippen LogP contribution in [0.4, 0.5) is 9.59 Å². The molecule has 1 aliphatic carbocycles. The number of para-hydroxylation sites is 1. The largest absolute Gasteiger partial charge is 0.444 e. The van der Waals surface area contributed by atoms with Crippen LogP contribution in [0.2, 0.25) is 0 Å². The van der Waals surface area contributed by atoms with Gasteiger partial charge in [0.25, 0.3) is 0 Å². The van der Waals surface area contributed by atoms with Gasteiger partial charge in [0, 0.05) is 17.3 Å². The zero-order chi connectivity index (χ0) is 28.6. The average Bonchev–Trinajstić information content (AvgIpc) is 3.22. The molecule has 2 amide bonds. The van der Waals surface area contributed by atoms with Crippen molar-refractivity contribution in [2.75, 3.05) is 0 Å². The SMILES string of the molecule is CC(C)(C)OC(=O)N[C@@H](Cc1nc2c(-c3cnn(C(=O)OC(C)(C)C)c3)cccc2o1)C(=O)NC1(C#N)CC1. The molecular formula is C27H32N6O6. The summed E-state index contributed by atoms with van der Waals surface area (Å²) in [6, 6.07) is 6.30. The third kappa shape index (κ3) is 6.93. The molecule has 1 saturated carbocycles. The fourth-order valence-electron chi connectivity index (χ4n) is 3.73. The number of hydrogen-bond acceptors (Lipinski definition) is 9. The maximum absolute atomic E-state index is 13.1. The number of carbonyl (C=O) groups excluding carboxylic acids is 3. The van der Waals surface area contributed by atoms with Crippen LogP contribution >= 0.6 is 0 Å². The molecule has 0 bridgehead atoms. The van der Waals surface area contributed by atoms with Gasteiger partial charge in [-0.1, -0.05) is 12.1 Å². The first-order valence-electron chi connectivity index (χ1n) is 12.6. The van der Waals surface area contributed by atoms with E-state index in [0.717, 1.165) is 4.68 Å². The van der Waals surface area contributed by atoms with Crippen LogP contribution in [0.5, 0.6) is 0 Å². The van der Waals surface area contributed by atoms with Crippen molar-refractivity contribution in [3.63, 3.8) is 0 Å². The van der Waals surface area contributed by atoms with Gasteiger partial charge in [0.1, 0.15) is 28.3 Å². The second kappa shape index (κ2) is 10.1. The number of fused-ring (bicyclic) bond motifs is 1. The summed E-state index contributed by atoms with van der Waals surface area (Å²) >= 11 is 0. The van der Waals surface area contributed by atoms with Crippen LogP contribution in [0.1, 0.15) is 60.3 Å². The third-order valence-corrected chi connectivity index (χ3v) is 5.65. The van der Waals surface area contributed by atoms with E-state index in [4.69, 9.17) is 13.9 Å². The third-order valence-electron chi connectivity index (χ3n) is 5.65. The Morgan fingerprint density at radius 1 is 1.15 bits per heavy atom. The molecular weight excluding hydrogens is 504 g/mol. The number of nitrogens with one attached hydrogen (secondary N) is 2. The zero-order valence-electron chi connectivity index (χ0n) is 22.8.